The minimum atomic E-state index is 0.0578. The van der Waals surface area contributed by atoms with E-state index < -0.39 is 0 Å². The summed E-state index contributed by atoms with van der Waals surface area (Å²) in [6.07, 6.45) is 10.6. The number of rotatable bonds is 8. The molecular formula is C21H25N7O. The third kappa shape index (κ3) is 3.97. The van der Waals surface area contributed by atoms with Crippen molar-refractivity contribution < 1.29 is 5.11 Å². The van der Waals surface area contributed by atoms with E-state index in [0.29, 0.717) is 12.5 Å². The Morgan fingerprint density at radius 3 is 2.86 bits per heavy atom. The average molecular weight is 391 g/mol. The van der Waals surface area contributed by atoms with Crippen molar-refractivity contribution in [3.8, 4) is 22.4 Å². The highest BCUT2D eigenvalue weighted by Crippen LogP contribution is 2.31. The number of unbranched alkanes of at least 4 members (excludes halogenated alkanes) is 1. The molecule has 29 heavy (non-hydrogen) atoms. The van der Waals surface area contributed by atoms with Gasteiger partial charge in [0, 0.05) is 53.4 Å². The number of nitrogens with zero attached hydrogens (tertiary/aromatic N) is 5. The number of aromatic amines is 1. The second-order valence-electron chi connectivity index (χ2n) is 6.96. The van der Waals surface area contributed by atoms with Gasteiger partial charge in [-0.05, 0) is 25.0 Å². The molecule has 0 bridgehead atoms. The van der Waals surface area contributed by atoms with Gasteiger partial charge in [-0.15, -0.1) is 0 Å². The molecule has 0 unspecified atom stereocenters. The van der Waals surface area contributed by atoms with Crippen LogP contribution in [-0.2, 0) is 13.0 Å². The van der Waals surface area contributed by atoms with Gasteiger partial charge in [-0.1, -0.05) is 13.3 Å². The van der Waals surface area contributed by atoms with Gasteiger partial charge in [0.1, 0.15) is 5.65 Å². The molecule has 0 radical (unpaired) electrons. The van der Waals surface area contributed by atoms with Crippen molar-refractivity contribution in [2.45, 2.75) is 32.7 Å². The summed E-state index contributed by atoms with van der Waals surface area (Å²) in [4.78, 5) is 17.1. The summed E-state index contributed by atoms with van der Waals surface area (Å²) in [5.74, 6) is 0.623. The van der Waals surface area contributed by atoms with E-state index in [2.05, 4.69) is 49.4 Å². The first-order valence-electron chi connectivity index (χ1n) is 9.88. The van der Waals surface area contributed by atoms with Gasteiger partial charge >= 0.3 is 0 Å². The van der Waals surface area contributed by atoms with E-state index in [1.165, 1.54) is 0 Å². The molecule has 0 spiro atoms. The molecule has 0 aliphatic heterocycles. The Morgan fingerprint density at radius 2 is 2.07 bits per heavy atom. The van der Waals surface area contributed by atoms with Crippen molar-refractivity contribution in [1.82, 2.24) is 29.7 Å². The van der Waals surface area contributed by atoms with Crippen molar-refractivity contribution in [2.24, 2.45) is 0 Å². The fourth-order valence-electron chi connectivity index (χ4n) is 3.34. The number of aryl methyl sites for hydroxylation is 1. The topological polar surface area (TPSA) is 105 Å². The van der Waals surface area contributed by atoms with Crippen molar-refractivity contribution in [3.05, 3.63) is 42.6 Å². The molecule has 0 aliphatic rings. The van der Waals surface area contributed by atoms with Crippen molar-refractivity contribution in [3.63, 3.8) is 0 Å². The summed E-state index contributed by atoms with van der Waals surface area (Å²) in [5, 5.41) is 17.5. The normalized spacial score (nSPS) is 11.3. The molecule has 8 nitrogen and oxygen atoms in total. The Hall–Kier alpha value is -3.26. The maximum Gasteiger partial charge on any atom is 0.223 e. The zero-order chi connectivity index (χ0) is 20.2. The van der Waals surface area contributed by atoms with E-state index >= 15 is 0 Å². The molecule has 0 atom stereocenters. The van der Waals surface area contributed by atoms with Gasteiger partial charge in [0.25, 0.3) is 0 Å². The lowest BCUT2D eigenvalue weighted by Crippen LogP contribution is -2.01. The first kappa shape index (κ1) is 19.1. The van der Waals surface area contributed by atoms with Crippen LogP contribution in [0.5, 0.6) is 0 Å². The first-order valence-corrected chi connectivity index (χ1v) is 9.88. The highest BCUT2D eigenvalue weighted by atomic mass is 16.3. The molecule has 4 rings (SSSR count). The van der Waals surface area contributed by atoms with Crippen LogP contribution >= 0.6 is 0 Å². The Bertz CT molecular complexity index is 1120. The molecule has 4 aromatic rings. The van der Waals surface area contributed by atoms with E-state index in [9.17, 15) is 0 Å². The number of pyridine rings is 1. The van der Waals surface area contributed by atoms with E-state index in [4.69, 9.17) is 5.11 Å². The quantitative estimate of drug-likeness (QED) is 0.426. The average Bonchev–Trinajstić information content (AvgIpc) is 3.39. The third-order valence-electron chi connectivity index (χ3n) is 4.89. The maximum atomic E-state index is 9.10. The minimum Gasteiger partial charge on any atom is -0.394 e. The Kier molecular flexibility index (Phi) is 5.53. The van der Waals surface area contributed by atoms with Gasteiger partial charge in [0.05, 0.1) is 25.0 Å². The van der Waals surface area contributed by atoms with Crippen LogP contribution in [0.2, 0.25) is 0 Å². The molecule has 0 fully saturated rings. The summed E-state index contributed by atoms with van der Waals surface area (Å²) >= 11 is 0. The van der Waals surface area contributed by atoms with Gasteiger partial charge in [0.2, 0.25) is 5.95 Å². The first-order chi connectivity index (χ1) is 14.2. The number of hydrogen-bond acceptors (Lipinski definition) is 6. The zero-order valence-corrected chi connectivity index (χ0v) is 16.7. The highest BCUT2D eigenvalue weighted by Gasteiger charge is 2.13. The lowest BCUT2D eigenvalue weighted by molar-refractivity contribution is 0.269. The third-order valence-corrected chi connectivity index (χ3v) is 4.89. The number of fused-ring (bicyclic) bond motifs is 1. The minimum absolute atomic E-state index is 0.0578. The number of hydrogen-bond donors (Lipinski definition) is 3. The predicted octanol–water partition coefficient (Wildman–Crippen LogP) is 3.26. The smallest absolute Gasteiger partial charge is 0.223 e. The van der Waals surface area contributed by atoms with E-state index in [0.717, 1.165) is 58.4 Å². The molecule has 4 aromatic heterocycles. The van der Waals surface area contributed by atoms with Crippen molar-refractivity contribution in [2.75, 3.05) is 19.0 Å². The molecule has 0 amide bonds. The molecule has 0 aliphatic carbocycles. The number of anilines is 1. The monoisotopic (exact) mass is 391 g/mol. The van der Waals surface area contributed by atoms with E-state index in [1.807, 2.05) is 25.6 Å². The Balaban J connectivity index is 1.76. The summed E-state index contributed by atoms with van der Waals surface area (Å²) in [5.41, 5.74) is 5.64. The van der Waals surface area contributed by atoms with Crippen LogP contribution in [0.4, 0.5) is 5.95 Å². The van der Waals surface area contributed by atoms with Crippen LogP contribution < -0.4 is 5.32 Å². The Morgan fingerprint density at radius 1 is 1.17 bits per heavy atom. The highest BCUT2D eigenvalue weighted by molar-refractivity contribution is 5.95. The SMILES string of the molecule is CCCCc1cc(-c2c[nH]c3ncc(-c4cnn(CCO)c4)cc23)nc(NC)n1. The summed E-state index contributed by atoms with van der Waals surface area (Å²) < 4.78 is 1.72. The number of aliphatic hydroxyl groups is 1. The van der Waals surface area contributed by atoms with Crippen LogP contribution in [0.3, 0.4) is 0 Å². The second-order valence-corrected chi connectivity index (χ2v) is 6.96. The van der Waals surface area contributed by atoms with Crippen LogP contribution in [0.15, 0.2) is 36.9 Å². The summed E-state index contributed by atoms with van der Waals surface area (Å²) in [6, 6.07) is 4.16. The molecular weight excluding hydrogens is 366 g/mol. The van der Waals surface area contributed by atoms with Gasteiger partial charge in [0.15, 0.2) is 0 Å². The lowest BCUT2D eigenvalue weighted by Gasteiger charge is -2.07. The largest absolute Gasteiger partial charge is 0.394 e. The molecule has 0 saturated heterocycles. The number of nitrogens with one attached hydrogen (secondary N) is 2. The second kappa shape index (κ2) is 8.40. The van der Waals surface area contributed by atoms with E-state index in [1.54, 1.807) is 10.9 Å². The van der Waals surface area contributed by atoms with Crippen LogP contribution in [0, 0.1) is 0 Å². The predicted molar refractivity (Wildman–Crippen MR) is 114 cm³/mol. The molecule has 0 saturated carbocycles. The van der Waals surface area contributed by atoms with Crippen LogP contribution in [0.1, 0.15) is 25.5 Å². The maximum absolute atomic E-state index is 9.10. The molecule has 150 valence electrons. The fourth-order valence-corrected chi connectivity index (χ4v) is 3.34. The van der Waals surface area contributed by atoms with E-state index in [-0.39, 0.29) is 6.61 Å². The van der Waals surface area contributed by atoms with Gasteiger partial charge < -0.3 is 15.4 Å². The molecule has 8 heteroatoms. The molecule has 4 heterocycles. The standard InChI is InChI=1S/C21H25N7O/c1-3-4-5-16-9-19(27-21(22-2)26-16)18-12-24-20-17(18)8-14(10-23-20)15-11-25-28(13-15)6-7-29/h8-13,29H,3-7H2,1-2H3,(H,23,24)(H,22,26,27). The zero-order valence-electron chi connectivity index (χ0n) is 16.7. The van der Waals surface area contributed by atoms with Gasteiger partial charge in [-0.3, -0.25) is 4.68 Å². The Labute approximate surface area is 169 Å². The number of aliphatic hydroxyl groups excluding tert-OH is 1. The van der Waals surface area contributed by atoms with Gasteiger partial charge in [-0.25, -0.2) is 15.0 Å². The number of aromatic nitrogens is 6. The summed E-state index contributed by atoms with van der Waals surface area (Å²) in [6.45, 7) is 2.71. The lowest BCUT2D eigenvalue weighted by atomic mass is 10.1. The van der Waals surface area contributed by atoms with Gasteiger partial charge in [-0.2, -0.15) is 5.10 Å². The summed E-state index contributed by atoms with van der Waals surface area (Å²) in [7, 11) is 1.83. The number of H-pyrrole nitrogens is 1. The fraction of sp³-hybridized carbons (Fsp3) is 0.333. The van der Waals surface area contributed by atoms with Crippen molar-refractivity contribution >= 4 is 17.0 Å². The van der Waals surface area contributed by atoms with Crippen LogP contribution in [0.25, 0.3) is 33.4 Å². The molecule has 0 aromatic carbocycles. The van der Waals surface area contributed by atoms with Crippen LogP contribution in [-0.4, -0.2) is 48.5 Å². The molecule has 3 N–H and O–H groups in total. The van der Waals surface area contributed by atoms with Crippen molar-refractivity contribution in [1.29, 1.82) is 0 Å².